The molecule has 1 N–H and O–H groups in total. The Kier molecular flexibility index (Phi) is 5.07. The molecule has 6 aromatic rings. The minimum atomic E-state index is -0.424. The molecule has 190 valence electrons. The molecule has 0 amide bonds. The average Bonchev–Trinajstić information content (AvgIpc) is 3.60. The van der Waals surface area contributed by atoms with Gasteiger partial charge in [0, 0.05) is 41.0 Å². The Balaban J connectivity index is 1.36. The van der Waals surface area contributed by atoms with Crippen LogP contribution in [-0.4, -0.2) is 14.5 Å². The normalized spacial score (nSPS) is 14.7. The smallest absolute Gasteiger partial charge is 0.137 e. The van der Waals surface area contributed by atoms with Gasteiger partial charge in [-0.15, -0.1) is 0 Å². The molecular weight excluding hydrogens is 488 g/mol. The van der Waals surface area contributed by atoms with Crippen LogP contribution in [0, 0.1) is 0 Å². The maximum atomic E-state index is 5.03. The van der Waals surface area contributed by atoms with E-state index in [0.717, 1.165) is 17.1 Å². The third kappa shape index (κ3) is 3.20. The Morgan fingerprint density at radius 2 is 1.43 bits per heavy atom. The average molecular weight is 515 g/mol. The lowest BCUT2D eigenvalue weighted by Crippen LogP contribution is -2.37. The van der Waals surface area contributed by atoms with Crippen molar-refractivity contribution < 1.29 is 0 Å². The molecule has 0 saturated carbocycles. The van der Waals surface area contributed by atoms with Crippen LogP contribution in [0.25, 0.3) is 22.6 Å². The number of nitrogens with one attached hydrogen (secondary N) is 1. The number of allylic oxidation sites excluding steroid dienone is 1. The molecule has 0 radical (unpaired) electrons. The summed E-state index contributed by atoms with van der Waals surface area (Å²) in [7, 11) is 0. The van der Waals surface area contributed by atoms with Crippen molar-refractivity contribution in [3.8, 4) is 17.1 Å². The van der Waals surface area contributed by atoms with Crippen LogP contribution >= 0.6 is 0 Å². The summed E-state index contributed by atoms with van der Waals surface area (Å²) in [5, 5.41) is 3.94. The van der Waals surface area contributed by atoms with Crippen LogP contribution < -0.4 is 5.32 Å². The molecule has 1 aliphatic heterocycles. The van der Waals surface area contributed by atoms with Crippen molar-refractivity contribution >= 4 is 5.57 Å². The largest absolute Gasteiger partial charge is 0.381 e. The minimum absolute atomic E-state index is 0.424. The number of nitrogens with zero attached hydrogens (tertiary/aromatic N) is 3. The van der Waals surface area contributed by atoms with Crippen molar-refractivity contribution in [2.75, 3.05) is 0 Å². The van der Waals surface area contributed by atoms with E-state index in [2.05, 4.69) is 124 Å². The fraction of sp³-hybridized carbons (Fsp3) is 0.0556. The molecule has 4 nitrogen and oxygen atoms in total. The fourth-order valence-electron chi connectivity index (χ4n) is 6.62. The van der Waals surface area contributed by atoms with Gasteiger partial charge in [-0.05, 0) is 52.6 Å². The van der Waals surface area contributed by atoms with Gasteiger partial charge in [-0.3, -0.25) is 4.98 Å². The zero-order valence-corrected chi connectivity index (χ0v) is 21.8. The van der Waals surface area contributed by atoms with Crippen LogP contribution in [0.1, 0.15) is 33.5 Å². The van der Waals surface area contributed by atoms with E-state index in [4.69, 9.17) is 4.98 Å². The Morgan fingerprint density at radius 1 is 0.675 bits per heavy atom. The monoisotopic (exact) mass is 514 g/mol. The molecule has 0 spiro atoms. The number of fused-ring (bicyclic) bond motifs is 4. The lowest BCUT2D eigenvalue weighted by molar-refractivity contribution is 0.627. The van der Waals surface area contributed by atoms with Crippen molar-refractivity contribution in [3.63, 3.8) is 0 Å². The van der Waals surface area contributed by atoms with Crippen molar-refractivity contribution in [1.29, 1.82) is 0 Å². The lowest BCUT2D eigenvalue weighted by atomic mass is 9.69. The van der Waals surface area contributed by atoms with Crippen LogP contribution in [0.5, 0.6) is 0 Å². The highest BCUT2D eigenvalue weighted by Crippen LogP contribution is 2.56. The van der Waals surface area contributed by atoms with Crippen LogP contribution in [0.2, 0.25) is 0 Å². The summed E-state index contributed by atoms with van der Waals surface area (Å²) in [4.78, 5) is 9.31. The SMILES string of the molecule is c1ccc(C2(c3ccccc3)C3=C(c4ccccc42)c2ccn(-c4cccc(-c5cccnc5)n4)c2CN3)cc1. The van der Waals surface area contributed by atoms with Gasteiger partial charge in [0.1, 0.15) is 5.82 Å². The van der Waals surface area contributed by atoms with Gasteiger partial charge >= 0.3 is 0 Å². The maximum Gasteiger partial charge on any atom is 0.137 e. The minimum Gasteiger partial charge on any atom is -0.381 e. The van der Waals surface area contributed by atoms with E-state index in [1.165, 1.54) is 44.8 Å². The highest BCUT2D eigenvalue weighted by molar-refractivity contribution is 5.94. The number of hydrogen-bond donors (Lipinski definition) is 1. The molecule has 40 heavy (non-hydrogen) atoms. The second kappa shape index (κ2) is 8.92. The van der Waals surface area contributed by atoms with Gasteiger partial charge in [-0.2, -0.15) is 0 Å². The quantitative estimate of drug-likeness (QED) is 0.272. The van der Waals surface area contributed by atoms with Crippen molar-refractivity contribution in [3.05, 3.63) is 179 Å². The summed E-state index contributed by atoms with van der Waals surface area (Å²) in [5.41, 5.74) is 11.6. The van der Waals surface area contributed by atoms with Gasteiger partial charge in [0.2, 0.25) is 0 Å². The van der Waals surface area contributed by atoms with E-state index in [-0.39, 0.29) is 0 Å². The third-order valence-corrected chi connectivity index (χ3v) is 8.27. The number of rotatable bonds is 4. The Hall–Kier alpha value is -5.22. The highest BCUT2D eigenvalue weighted by atomic mass is 15.1. The lowest BCUT2D eigenvalue weighted by Gasteiger charge is -2.37. The van der Waals surface area contributed by atoms with Crippen molar-refractivity contribution in [1.82, 2.24) is 19.9 Å². The van der Waals surface area contributed by atoms with Gasteiger partial charge in [-0.1, -0.05) is 91.0 Å². The first-order valence-electron chi connectivity index (χ1n) is 13.6. The molecular formula is C36H26N4. The van der Waals surface area contributed by atoms with Gasteiger partial charge in [0.25, 0.3) is 0 Å². The number of hydrogen-bond acceptors (Lipinski definition) is 3. The first-order valence-corrected chi connectivity index (χ1v) is 13.6. The highest BCUT2D eigenvalue weighted by Gasteiger charge is 2.49. The van der Waals surface area contributed by atoms with Crippen LogP contribution in [0.15, 0.2) is 146 Å². The summed E-state index contributed by atoms with van der Waals surface area (Å²) in [5.74, 6) is 0.900. The molecule has 0 unspecified atom stereocenters. The van der Waals surface area contributed by atoms with Gasteiger partial charge in [0.15, 0.2) is 0 Å². The molecule has 0 saturated heterocycles. The van der Waals surface area contributed by atoms with Gasteiger partial charge < -0.3 is 9.88 Å². The van der Waals surface area contributed by atoms with E-state index >= 15 is 0 Å². The van der Waals surface area contributed by atoms with Gasteiger partial charge in [-0.25, -0.2) is 4.98 Å². The Morgan fingerprint density at radius 3 is 2.17 bits per heavy atom. The summed E-state index contributed by atoms with van der Waals surface area (Å²) >= 11 is 0. The Labute approximate surface area is 233 Å². The van der Waals surface area contributed by atoms with Crippen LogP contribution in [0.4, 0.5) is 0 Å². The fourth-order valence-corrected chi connectivity index (χ4v) is 6.62. The molecule has 4 heteroatoms. The van der Waals surface area contributed by atoms with E-state index in [0.29, 0.717) is 6.54 Å². The molecule has 8 rings (SSSR count). The number of aromatic nitrogens is 3. The van der Waals surface area contributed by atoms with Crippen molar-refractivity contribution in [2.24, 2.45) is 0 Å². The van der Waals surface area contributed by atoms with E-state index in [9.17, 15) is 0 Å². The molecule has 0 fully saturated rings. The number of benzene rings is 3. The van der Waals surface area contributed by atoms with Crippen LogP contribution in [0.3, 0.4) is 0 Å². The first kappa shape index (κ1) is 22.7. The second-order valence-electron chi connectivity index (χ2n) is 10.3. The summed E-state index contributed by atoms with van der Waals surface area (Å²) < 4.78 is 2.22. The molecule has 0 atom stereocenters. The van der Waals surface area contributed by atoms with Crippen molar-refractivity contribution in [2.45, 2.75) is 12.0 Å². The van der Waals surface area contributed by atoms with E-state index < -0.39 is 5.41 Å². The number of pyridine rings is 2. The molecule has 3 aromatic heterocycles. The van der Waals surface area contributed by atoms with E-state index in [1.54, 1.807) is 6.20 Å². The predicted molar refractivity (Wildman–Crippen MR) is 159 cm³/mol. The summed E-state index contributed by atoms with van der Waals surface area (Å²) in [6, 6.07) is 43.1. The Bertz CT molecular complexity index is 1850. The second-order valence-corrected chi connectivity index (χ2v) is 10.3. The zero-order valence-electron chi connectivity index (χ0n) is 21.8. The topological polar surface area (TPSA) is 42.7 Å². The maximum absolute atomic E-state index is 5.03. The van der Waals surface area contributed by atoms with E-state index in [1.807, 2.05) is 24.4 Å². The molecule has 0 bridgehead atoms. The molecule has 1 aliphatic carbocycles. The summed E-state index contributed by atoms with van der Waals surface area (Å²) in [6.45, 7) is 0.704. The third-order valence-electron chi connectivity index (χ3n) is 8.27. The van der Waals surface area contributed by atoms with Crippen LogP contribution in [-0.2, 0) is 12.0 Å². The molecule has 4 heterocycles. The zero-order chi connectivity index (χ0) is 26.5. The van der Waals surface area contributed by atoms with Gasteiger partial charge in [0.05, 0.1) is 23.3 Å². The predicted octanol–water partition coefficient (Wildman–Crippen LogP) is 7.14. The molecule has 3 aromatic carbocycles. The molecule has 2 aliphatic rings. The first-order chi connectivity index (χ1) is 19.9. The summed E-state index contributed by atoms with van der Waals surface area (Å²) in [6.07, 6.45) is 5.81. The standard InChI is InChI=1S/C36H26N4/c1-3-12-26(13-4-1)36(27-14-5-2-6-15-27)30-17-8-7-16-28(30)34-29-20-22-40(32(29)24-38-35(34)36)33-19-9-18-31(39-33)25-11-10-21-37-23-25/h1-23,38H,24H2.